The highest BCUT2D eigenvalue weighted by atomic mass is 16.6. The van der Waals surface area contributed by atoms with Crippen LogP contribution in [0.3, 0.4) is 0 Å². The summed E-state index contributed by atoms with van der Waals surface area (Å²) in [5, 5.41) is 20.2. The summed E-state index contributed by atoms with van der Waals surface area (Å²) in [5.41, 5.74) is 6.23. The van der Waals surface area contributed by atoms with Crippen LogP contribution < -0.4 is 21.7 Å². The number of carbonyl (C=O) groups is 1. The van der Waals surface area contributed by atoms with Crippen molar-refractivity contribution in [2.24, 2.45) is 5.73 Å². The number of nitrogens with zero attached hydrogens (tertiary/aromatic N) is 1. The Labute approximate surface area is 155 Å². The van der Waals surface area contributed by atoms with Crippen molar-refractivity contribution in [3.63, 3.8) is 0 Å². The minimum Gasteiger partial charge on any atom is -0.356 e. The molecule has 0 spiro atoms. The quantitative estimate of drug-likeness (QED) is 0.209. The molecule has 0 aliphatic rings. The number of unbranched alkanes of at least 4 members (excludes halogenated alkanes) is 1. The summed E-state index contributed by atoms with van der Waals surface area (Å²) in [6.45, 7) is 5.23. The van der Waals surface area contributed by atoms with Crippen molar-refractivity contribution in [2.45, 2.75) is 32.1 Å². The second-order valence-electron chi connectivity index (χ2n) is 6.15. The summed E-state index contributed by atoms with van der Waals surface area (Å²) in [7, 11) is 0. The number of carbonyl (C=O) groups excluding carboxylic acids is 1. The largest absolute Gasteiger partial charge is 0.356 e. The van der Waals surface area contributed by atoms with E-state index in [2.05, 4.69) is 16.0 Å². The van der Waals surface area contributed by atoms with Gasteiger partial charge in [-0.25, -0.2) is 0 Å². The van der Waals surface area contributed by atoms with Gasteiger partial charge in [-0.15, -0.1) is 0 Å². The molecular formula is C18H31N5O3. The van der Waals surface area contributed by atoms with Gasteiger partial charge in [-0.2, -0.15) is 0 Å². The van der Waals surface area contributed by atoms with Crippen LogP contribution in [0.15, 0.2) is 24.3 Å². The standard InChI is InChI=1S/C18H31N5O3/c19-9-3-12-20-10-1-2-11-21-13-4-14-22-18(24)15-16-5-7-17(8-6-16)23(25)26/h5-8,20-21H,1-4,9-15,19H2,(H,22,24). The fourth-order valence-corrected chi connectivity index (χ4v) is 2.40. The Hall–Kier alpha value is -2.03. The Kier molecular flexibility index (Phi) is 12.0. The highest BCUT2D eigenvalue weighted by Crippen LogP contribution is 2.12. The molecule has 0 bridgehead atoms. The molecule has 1 amide bonds. The third kappa shape index (κ3) is 10.8. The maximum absolute atomic E-state index is 11.8. The van der Waals surface area contributed by atoms with Crippen LogP contribution >= 0.6 is 0 Å². The van der Waals surface area contributed by atoms with Crippen molar-refractivity contribution >= 4 is 11.6 Å². The second kappa shape index (κ2) is 14.2. The van der Waals surface area contributed by atoms with Gasteiger partial charge in [0.25, 0.3) is 5.69 Å². The summed E-state index contributed by atoms with van der Waals surface area (Å²) < 4.78 is 0. The zero-order valence-corrected chi connectivity index (χ0v) is 15.3. The zero-order chi connectivity index (χ0) is 19.0. The van der Waals surface area contributed by atoms with Crippen LogP contribution in [-0.2, 0) is 11.2 Å². The number of benzene rings is 1. The minimum atomic E-state index is -0.449. The van der Waals surface area contributed by atoms with Crippen LogP contribution in [0.25, 0.3) is 0 Å². The molecule has 146 valence electrons. The van der Waals surface area contributed by atoms with Gasteiger partial charge in [-0.05, 0) is 64.0 Å². The van der Waals surface area contributed by atoms with Crippen LogP contribution in [0, 0.1) is 10.1 Å². The van der Waals surface area contributed by atoms with Crippen molar-refractivity contribution in [3.8, 4) is 0 Å². The molecule has 0 aromatic heterocycles. The van der Waals surface area contributed by atoms with Gasteiger partial charge in [0.15, 0.2) is 0 Å². The Morgan fingerprint density at radius 1 is 0.923 bits per heavy atom. The molecule has 0 fully saturated rings. The van der Waals surface area contributed by atoms with Crippen LogP contribution in [-0.4, -0.2) is 50.1 Å². The smallest absolute Gasteiger partial charge is 0.269 e. The van der Waals surface area contributed by atoms with E-state index in [0.717, 1.165) is 64.0 Å². The average Bonchev–Trinajstić information content (AvgIpc) is 2.63. The summed E-state index contributed by atoms with van der Waals surface area (Å²) in [5.74, 6) is -0.0672. The number of hydrogen-bond acceptors (Lipinski definition) is 6. The Morgan fingerprint density at radius 3 is 2.08 bits per heavy atom. The van der Waals surface area contributed by atoms with Crippen molar-refractivity contribution in [3.05, 3.63) is 39.9 Å². The molecule has 0 aliphatic heterocycles. The fraction of sp³-hybridized carbons (Fsp3) is 0.611. The number of non-ortho nitro benzene ring substituents is 1. The number of rotatable bonds is 15. The van der Waals surface area contributed by atoms with Crippen molar-refractivity contribution in [2.75, 3.05) is 39.3 Å². The molecule has 8 heteroatoms. The first-order valence-electron chi connectivity index (χ1n) is 9.25. The van der Waals surface area contributed by atoms with E-state index in [1.54, 1.807) is 12.1 Å². The molecule has 0 aliphatic carbocycles. The highest BCUT2D eigenvalue weighted by Gasteiger charge is 2.06. The van der Waals surface area contributed by atoms with E-state index in [-0.39, 0.29) is 18.0 Å². The molecular weight excluding hydrogens is 334 g/mol. The molecule has 0 saturated heterocycles. The maximum Gasteiger partial charge on any atom is 0.269 e. The van der Waals surface area contributed by atoms with Crippen LogP contribution in [0.5, 0.6) is 0 Å². The Bertz CT molecular complexity index is 522. The van der Waals surface area contributed by atoms with E-state index < -0.39 is 4.92 Å². The number of hydrogen-bond donors (Lipinski definition) is 4. The van der Waals surface area contributed by atoms with Gasteiger partial charge in [0, 0.05) is 18.7 Å². The summed E-state index contributed by atoms with van der Waals surface area (Å²) in [6.07, 6.45) is 4.41. The lowest BCUT2D eigenvalue weighted by molar-refractivity contribution is -0.384. The second-order valence-corrected chi connectivity index (χ2v) is 6.15. The van der Waals surface area contributed by atoms with Crippen molar-refractivity contribution in [1.82, 2.24) is 16.0 Å². The number of nitro benzene ring substituents is 1. The Morgan fingerprint density at radius 2 is 1.50 bits per heavy atom. The van der Waals surface area contributed by atoms with E-state index in [1.807, 2.05) is 0 Å². The van der Waals surface area contributed by atoms with E-state index in [0.29, 0.717) is 6.54 Å². The molecule has 1 aromatic rings. The van der Waals surface area contributed by atoms with Gasteiger partial charge in [-0.3, -0.25) is 14.9 Å². The number of nitro groups is 1. The SMILES string of the molecule is NCCCNCCCCNCCCNC(=O)Cc1ccc([N+](=O)[O-])cc1. The lowest BCUT2D eigenvalue weighted by Crippen LogP contribution is -2.29. The van der Waals surface area contributed by atoms with Crippen molar-refractivity contribution in [1.29, 1.82) is 0 Å². The minimum absolute atomic E-state index is 0.0339. The summed E-state index contributed by atoms with van der Waals surface area (Å²) >= 11 is 0. The molecule has 0 saturated carbocycles. The third-order valence-electron chi connectivity index (χ3n) is 3.88. The predicted molar refractivity (Wildman–Crippen MR) is 103 cm³/mol. The first-order chi connectivity index (χ1) is 12.6. The molecule has 0 unspecified atom stereocenters. The Balaban J connectivity index is 1.96. The van der Waals surface area contributed by atoms with Gasteiger partial charge < -0.3 is 21.7 Å². The first-order valence-corrected chi connectivity index (χ1v) is 9.25. The van der Waals surface area contributed by atoms with E-state index >= 15 is 0 Å². The lowest BCUT2D eigenvalue weighted by Gasteiger charge is -2.07. The topological polar surface area (TPSA) is 122 Å². The monoisotopic (exact) mass is 365 g/mol. The lowest BCUT2D eigenvalue weighted by atomic mass is 10.1. The zero-order valence-electron chi connectivity index (χ0n) is 15.3. The van der Waals surface area contributed by atoms with Crippen LogP contribution in [0.2, 0.25) is 0 Å². The van der Waals surface area contributed by atoms with Gasteiger partial charge in [0.1, 0.15) is 0 Å². The third-order valence-corrected chi connectivity index (χ3v) is 3.88. The van der Waals surface area contributed by atoms with Crippen LogP contribution in [0.1, 0.15) is 31.2 Å². The van der Waals surface area contributed by atoms with Gasteiger partial charge in [0.05, 0.1) is 11.3 Å². The van der Waals surface area contributed by atoms with E-state index in [4.69, 9.17) is 5.73 Å². The molecule has 26 heavy (non-hydrogen) atoms. The number of nitrogens with two attached hydrogens (primary N) is 1. The van der Waals surface area contributed by atoms with Gasteiger partial charge in [0.2, 0.25) is 5.91 Å². The molecule has 1 rings (SSSR count). The van der Waals surface area contributed by atoms with Crippen molar-refractivity contribution < 1.29 is 9.72 Å². The predicted octanol–water partition coefficient (Wildman–Crippen LogP) is 0.952. The first kappa shape index (κ1) is 22.0. The number of amides is 1. The average molecular weight is 365 g/mol. The molecule has 0 radical (unpaired) electrons. The normalized spacial score (nSPS) is 10.7. The van der Waals surface area contributed by atoms with Gasteiger partial charge >= 0.3 is 0 Å². The number of nitrogens with one attached hydrogen (secondary N) is 3. The van der Waals surface area contributed by atoms with Crippen LogP contribution in [0.4, 0.5) is 5.69 Å². The summed E-state index contributed by atoms with van der Waals surface area (Å²) in [4.78, 5) is 22.0. The molecule has 5 N–H and O–H groups in total. The molecule has 1 aromatic carbocycles. The maximum atomic E-state index is 11.8. The van der Waals surface area contributed by atoms with E-state index in [9.17, 15) is 14.9 Å². The molecule has 0 heterocycles. The van der Waals surface area contributed by atoms with E-state index in [1.165, 1.54) is 12.1 Å². The molecule has 8 nitrogen and oxygen atoms in total. The fourth-order valence-electron chi connectivity index (χ4n) is 2.40. The summed E-state index contributed by atoms with van der Waals surface area (Å²) in [6, 6.07) is 6.06. The van der Waals surface area contributed by atoms with Gasteiger partial charge in [-0.1, -0.05) is 12.1 Å². The highest BCUT2D eigenvalue weighted by molar-refractivity contribution is 5.78. The molecule has 0 atom stereocenters.